The summed E-state index contributed by atoms with van der Waals surface area (Å²) in [4.78, 5) is 10.8. The van der Waals surface area contributed by atoms with Crippen LogP contribution >= 0.6 is 0 Å². The molecular formula is C10H9FO3. The zero-order valence-corrected chi connectivity index (χ0v) is 7.37. The maximum absolute atomic E-state index is 13.1. The van der Waals surface area contributed by atoms with Crippen LogP contribution in [0.4, 0.5) is 4.39 Å². The van der Waals surface area contributed by atoms with Crippen LogP contribution in [0.2, 0.25) is 0 Å². The van der Waals surface area contributed by atoms with Gasteiger partial charge >= 0.3 is 5.97 Å². The SMILES string of the molecule is O=C(O)C1(Oc2ccccc2F)CC1. The normalized spacial score (nSPS) is 17.5. The Hall–Kier alpha value is -1.58. The van der Waals surface area contributed by atoms with Gasteiger partial charge in [0.2, 0.25) is 5.60 Å². The highest BCUT2D eigenvalue weighted by Gasteiger charge is 2.53. The molecule has 0 bridgehead atoms. The number of hydrogen-bond acceptors (Lipinski definition) is 2. The monoisotopic (exact) mass is 196 g/mol. The Morgan fingerprint density at radius 2 is 2.07 bits per heavy atom. The molecule has 3 nitrogen and oxygen atoms in total. The molecule has 0 amide bonds. The van der Waals surface area contributed by atoms with E-state index >= 15 is 0 Å². The van der Waals surface area contributed by atoms with Crippen LogP contribution in [-0.4, -0.2) is 16.7 Å². The molecule has 1 aliphatic rings. The summed E-state index contributed by atoms with van der Waals surface area (Å²) in [7, 11) is 0. The smallest absolute Gasteiger partial charge is 0.348 e. The van der Waals surface area contributed by atoms with E-state index in [2.05, 4.69) is 0 Å². The van der Waals surface area contributed by atoms with Crippen LogP contribution in [-0.2, 0) is 4.79 Å². The molecule has 2 rings (SSSR count). The highest BCUT2D eigenvalue weighted by molar-refractivity contribution is 5.81. The van der Waals surface area contributed by atoms with E-state index < -0.39 is 17.4 Å². The van der Waals surface area contributed by atoms with Gasteiger partial charge in [0.05, 0.1) is 0 Å². The molecule has 14 heavy (non-hydrogen) atoms. The van der Waals surface area contributed by atoms with Crippen LogP contribution in [0.3, 0.4) is 0 Å². The average molecular weight is 196 g/mol. The molecule has 0 spiro atoms. The van der Waals surface area contributed by atoms with Gasteiger partial charge in [0.1, 0.15) is 0 Å². The molecule has 1 aromatic carbocycles. The molecule has 0 aliphatic heterocycles. The lowest BCUT2D eigenvalue weighted by molar-refractivity contribution is -0.147. The zero-order valence-electron chi connectivity index (χ0n) is 7.37. The summed E-state index contributed by atoms with van der Waals surface area (Å²) in [5.74, 6) is -1.55. The number of carboxylic acid groups (broad SMARTS) is 1. The van der Waals surface area contributed by atoms with Crippen LogP contribution in [0.1, 0.15) is 12.8 Å². The second-order valence-corrected chi connectivity index (χ2v) is 3.33. The van der Waals surface area contributed by atoms with Gasteiger partial charge in [-0.25, -0.2) is 9.18 Å². The average Bonchev–Trinajstić information content (AvgIpc) is 2.90. The second-order valence-electron chi connectivity index (χ2n) is 3.33. The summed E-state index contributed by atoms with van der Waals surface area (Å²) < 4.78 is 18.2. The highest BCUT2D eigenvalue weighted by Crippen LogP contribution is 2.40. The molecule has 0 heterocycles. The van der Waals surface area contributed by atoms with Gasteiger partial charge in [0.25, 0.3) is 0 Å². The maximum atomic E-state index is 13.1. The number of carboxylic acids is 1. The molecule has 0 aromatic heterocycles. The molecular weight excluding hydrogens is 187 g/mol. The Kier molecular flexibility index (Phi) is 1.91. The van der Waals surface area contributed by atoms with Gasteiger partial charge in [0, 0.05) is 12.8 Å². The quantitative estimate of drug-likeness (QED) is 0.802. The van der Waals surface area contributed by atoms with E-state index in [-0.39, 0.29) is 5.75 Å². The number of hydrogen-bond donors (Lipinski definition) is 1. The molecule has 0 unspecified atom stereocenters. The predicted molar refractivity (Wildman–Crippen MR) is 46.6 cm³/mol. The van der Waals surface area contributed by atoms with Crippen molar-refractivity contribution in [3.63, 3.8) is 0 Å². The van der Waals surface area contributed by atoms with Gasteiger partial charge in [-0.05, 0) is 12.1 Å². The van der Waals surface area contributed by atoms with Crippen LogP contribution < -0.4 is 4.74 Å². The van der Waals surface area contributed by atoms with Crippen molar-refractivity contribution in [2.45, 2.75) is 18.4 Å². The first-order chi connectivity index (χ1) is 6.64. The fourth-order valence-corrected chi connectivity index (χ4v) is 1.21. The molecule has 1 N–H and O–H groups in total. The Labute approximate surface area is 80.1 Å². The number of rotatable bonds is 3. The Balaban J connectivity index is 2.19. The summed E-state index contributed by atoms with van der Waals surface area (Å²) >= 11 is 0. The fourth-order valence-electron chi connectivity index (χ4n) is 1.21. The molecule has 0 atom stereocenters. The van der Waals surface area contributed by atoms with Crippen molar-refractivity contribution in [3.8, 4) is 5.75 Å². The van der Waals surface area contributed by atoms with Crippen molar-refractivity contribution >= 4 is 5.97 Å². The van der Waals surface area contributed by atoms with E-state index in [0.29, 0.717) is 12.8 Å². The molecule has 74 valence electrons. The van der Waals surface area contributed by atoms with E-state index in [1.165, 1.54) is 18.2 Å². The van der Waals surface area contributed by atoms with Gasteiger partial charge < -0.3 is 9.84 Å². The minimum Gasteiger partial charge on any atom is -0.478 e. The minimum absolute atomic E-state index is 0.00685. The van der Waals surface area contributed by atoms with E-state index in [1.807, 2.05) is 0 Å². The molecule has 0 saturated heterocycles. The molecule has 1 saturated carbocycles. The summed E-state index contributed by atoms with van der Waals surface area (Å²) in [5.41, 5.74) is -1.18. The number of halogens is 1. The van der Waals surface area contributed by atoms with Crippen LogP contribution in [0.15, 0.2) is 24.3 Å². The Morgan fingerprint density at radius 1 is 1.43 bits per heavy atom. The third kappa shape index (κ3) is 1.43. The van der Waals surface area contributed by atoms with Gasteiger partial charge in [0.15, 0.2) is 11.6 Å². The molecule has 4 heteroatoms. The minimum atomic E-state index is -1.18. The third-order valence-corrected chi connectivity index (χ3v) is 2.24. The molecule has 1 aliphatic carbocycles. The predicted octanol–water partition coefficient (Wildman–Crippen LogP) is 1.82. The van der Waals surface area contributed by atoms with Gasteiger partial charge in [-0.3, -0.25) is 0 Å². The largest absolute Gasteiger partial charge is 0.478 e. The van der Waals surface area contributed by atoms with E-state index in [9.17, 15) is 9.18 Å². The molecule has 0 radical (unpaired) electrons. The van der Waals surface area contributed by atoms with E-state index in [1.54, 1.807) is 6.07 Å². The van der Waals surface area contributed by atoms with Crippen molar-refractivity contribution < 1.29 is 19.0 Å². The Bertz CT molecular complexity index is 371. The summed E-state index contributed by atoms with van der Waals surface area (Å²) in [6.45, 7) is 0. The lowest BCUT2D eigenvalue weighted by atomic mass is 10.3. The van der Waals surface area contributed by atoms with Crippen molar-refractivity contribution in [2.75, 3.05) is 0 Å². The second kappa shape index (κ2) is 2.97. The number of aliphatic carboxylic acids is 1. The first-order valence-corrected chi connectivity index (χ1v) is 4.31. The van der Waals surface area contributed by atoms with Crippen molar-refractivity contribution in [3.05, 3.63) is 30.1 Å². The topological polar surface area (TPSA) is 46.5 Å². The van der Waals surface area contributed by atoms with Gasteiger partial charge in [-0.15, -0.1) is 0 Å². The number of benzene rings is 1. The standard InChI is InChI=1S/C10H9FO3/c11-7-3-1-2-4-8(7)14-10(5-6-10)9(12)13/h1-4H,5-6H2,(H,12,13). The summed E-state index contributed by atoms with van der Waals surface area (Å²) in [6.07, 6.45) is 0.882. The maximum Gasteiger partial charge on any atom is 0.348 e. The number of ether oxygens (including phenoxy) is 1. The first kappa shape index (κ1) is 8.99. The number of carbonyl (C=O) groups is 1. The highest BCUT2D eigenvalue weighted by atomic mass is 19.1. The molecule has 1 fully saturated rings. The lowest BCUT2D eigenvalue weighted by Gasteiger charge is -2.13. The van der Waals surface area contributed by atoms with Crippen LogP contribution in [0.5, 0.6) is 5.75 Å². The third-order valence-electron chi connectivity index (χ3n) is 2.24. The van der Waals surface area contributed by atoms with Gasteiger partial charge in [-0.2, -0.15) is 0 Å². The van der Waals surface area contributed by atoms with E-state index in [4.69, 9.17) is 9.84 Å². The van der Waals surface area contributed by atoms with Crippen molar-refractivity contribution in [2.24, 2.45) is 0 Å². The zero-order chi connectivity index (χ0) is 10.2. The van der Waals surface area contributed by atoms with Crippen molar-refractivity contribution in [1.82, 2.24) is 0 Å². The van der Waals surface area contributed by atoms with Crippen LogP contribution in [0.25, 0.3) is 0 Å². The summed E-state index contributed by atoms with van der Waals surface area (Å²) in [5, 5.41) is 8.81. The fraction of sp³-hybridized carbons (Fsp3) is 0.300. The Morgan fingerprint density at radius 3 is 2.57 bits per heavy atom. The van der Waals surface area contributed by atoms with E-state index in [0.717, 1.165) is 0 Å². The van der Waals surface area contributed by atoms with Crippen molar-refractivity contribution in [1.29, 1.82) is 0 Å². The first-order valence-electron chi connectivity index (χ1n) is 4.31. The summed E-state index contributed by atoms with van der Waals surface area (Å²) in [6, 6.07) is 5.81. The van der Waals surface area contributed by atoms with Crippen LogP contribution in [0, 0.1) is 5.82 Å². The van der Waals surface area contributed by atoms with Gasteiger partial charge in [-0.1, -0.05) is 12.1 Å². The number of para-hydroxylation sites is 1. The molecule has 1 aromatic rings. The lowest BCUT2D eigenvalue weighted by Crippen LogP contribution is -2.29.